The van der Waals surface area contributed by atoms with Crippen LogP contribution in [-0.2, 0) is 0 Å². The third-order valence-electron chi connectivity index (χ3n) is 3.12. The highest BCUT2D eigenvalue weighted by atomic mass is 35.5. The fourth-order valence-electron chi connectivity index (χ4n) is 2.03. The van der Waals surface area contributed by atoms with Gasteiger partial charge in [-0.25, -0.2) is 9.97 Å². The Morgan fingerprint density at radius 2 is 1.78 bits per heavy atom. The molecule has 3 rings (SSSR count). The second kappa shape index (κ2) is 6.53. The first kappa shape index (κ1) is 15.1. The maximum absolute atomic E-state index is 5.76. The molecule has 0 aliphatic rings. The number of hydrogen-bond donors (Lipinski definition) is 2. The van der Waals surface area contributed by atoms with E-state index in [1.54, 1.807) is 26.5 Å². The van der Waals surface area contributed by atoms with E-state index >= 15 is 0 Å². The molecule has 0 bridgehead atoms. The van der Waals surface area contributed by atoms with Crippen molar-refractivity contribution in [3.8, 4) is 22.8 Å². The van der Waals surface area contributed by atoms with Gasteiger partial charge < -0.3 is 14.8 Å². The predicted octanol–water partition coefficient (Wildman–Crippen LogP) is 3.28. The van der Waals surface area contributed by atoms with Crippen molar-refractivity contribution in [1.29, 1.82) is 0 Å². The van der Waals surface area contributed by atoms with Crippen LogP contribution < -0.4 is 14.8 Å². The number of ether oxygens (including phenoxy) is 2. The fourth-order valence-corrected chi connectivity index (χ4v) is 2.18. The van der Waals surface area contributed by atoms with Crippen molar-refractivity contribution in [3.63, 3.8) is 0 Å². The summed E-state index contributed by atoms with van der Waals surface area (Å²) in [6.45, 7) is 0. The van der Waals surface area contributed by atoms with Crippen molar-refractivity contribution in [2.75, 3.05) is 19.5 Å². The van der Waals surface area contributed by atoms with Gasteiger partial charge in [-0.05, 0) is 29.8 Å². The molecule has 23 heavy (non-hydrogen) atoms. The maximum atomic E-state index is 5.76. The average molecular weight is 332 g/mol. The molecule has 0 atom stereocenters. The highest BCUT2D eigenvalue weighted by molar-refractivity contribution is 6.28. The summed E-state index contributed by atoms with van der Waals surface area (Å²) in [5, 5.41) is 10.4. The second-order valence-corrected chi connectivity index (χ2v) is 4.94. The van der Waals surface area contributed by atoms with Crippen LogP contribution in [0.2, 0.25) is 5.28 Å². The predicted molar refractivity (Wildman–Crippen MR) is 87.5 cm³/mol. The molecule has 3 aromatic rings. The number of nitrogens with one attached hydrogen (secondary N) is 2. The summed E-state index contributed by atoms with van der Waals surface area (Å²) in [5.41, 5.74) is 1.70. The molecule has 8 heteroatoms. The van der Waals surface area contributed by atoms with Crippen molar-refractivity contribution < 1.29 is 9.47 Å². The lowest BCUT2D eigenvalue weighted by molar-refractivity contribution is 0.394. The summed E-state index contributed by atoms with van der Waals surface area (Å²) in [7, 11) is 3.22. The molecule has 0 amide bonds. The summed E-state index contributed by atoms with van der Waals surface area (Å²) in [6, 6.07) is 9.14. The molecular weight excluding hydrogens is 318 g/mol. The number of anilines is 2. The normalized spacial score (nSPS) is 10.4. The minimum atomic E-state index is 0.170. The van der Waals surface area contributed by atoms with Gasteiger partial charge in [0, 0.05) is 23.9 Å². The van der Waals surface area contributed by atoms with Crippen LogP contribution in [0.15, 0.2) is 36.5 Å². The third-order valence-corrected chi connectivity index (χ3v) is 3.30. The van der Waals surface area contributed by atoms with Crippen LogP contribution in [-0.4, -0.2) is 34.4 Å². The number of methoxy groups -OCH3 is 2. The first-order valence-corrected chi connectivity index (χ1v) is 7.10. The van der Waals surface area contributed by atoms with Gasteiger partial charge in [0.1, 0.15) is 17.3 Å². The molecular formula is C15H14ClN5O2. The molecule has 1 aromatic carbocycles. The Kier molecular flexibility index (Phi) is 4.29. The molecule has 0 saturated heterocycles. The Hall–Kier alpha value is -2.80. The van der Waals surface area contributed by atoms with E-state index in [4.69, 9.17) is 21.1 Å². The zero-order valence-electron chi connectivity index (χ0n) is 12.5. The Labute approximate surface area is 137 Å². The van der Waals surface area contributed by atoms with Crippen LogP contribution in [0.4, 0.5) is 11.6 Å². The summed E-state index contributed by atoms with van der Waals surface area (Å²) >= 11 is 5.76. The van der Waals surface area contributed by atoms with Crippen molar-refractivity contribution in [2.24, 2.45) is 0 Å². The highest BCUT2D eigenvalue weighted by Gasteiger charge is 2.08. The van der Waals surface area contributed by atoms with Gasteiger partial charge in [0.15, 0.2) is 5.82 Å². The van der Waals surface area contributed by atoms with Gasteiger partial charge in [-0.1, -0.05) is 0 Å². The minimum Gasteiger partial charge on any atom is -0.497 e. The van der Waals surface area contributed by atoms with Gasteiger partial charge >= 0.3 is 0 Å². The quantitative estimate of drug-likeness (QED) is 0.698. The van der Waals surface area contributed by atoms with Gasteiger partial charge in [0.25, 0.3) is 0 Å². The largest absolute Gasteiger partial charge is 0.497 e. The van der Waals surface area contributed by atoms with Gasteiger partial charge in [0.05, 0.1) is 19.9 Å². The third kappa shape index (κ3) is 3.51. The van der Waals surface area contributed by atoms with E-state index in [2.05, 4.69) is 25.5 Å². The number of aromatic amines is 1. The number of H-pyrrole nitrogens is 1. The molecule has 0 aliphatic carbocycles. The Morgan fingerprint density at radius 3 is 2.43 bits per heavy atom. The van der Waals surface area contributed by atoms with Gasteiger partial charge in [-0.15, -0.1) is 0 Å². The van der Waals surface area contributed by atoms with E-state index in [1.807, 2.05) is 24.3 Å². The lowest BCUT2D eigenvalue weighted by Gasteiger charge is -2.06. The lowest BCUT2D eigenvalue weighted by atomic mass is 10.1. The first-order valence-electron chi connectivity index (χ1n) is 6.72. The van der Waals surface area contributed by atoms with Gasteiger partial charge in [-0.2, -0.15) is 5.10 Å². The standard InChI is InChI=1S/C15H14ClN5O2/c1-22-10-5-9(6-11(7-10)23-2)12-8-14(21-20-12)18-13-3-4-17-15(16)19-13/h3-8H,1-2H3,(H2,17,18,19,20,21). The van der Waals surface area contributed by atoms with Crippen molar-refractivity contribution in [1.82, 2.24) is 20.2 Å². The highest BCUT2D eigenvalue weighted by Crippen LogP contribution is 2.30. The molecule has 0 spiro atoms. The zero-order chi connectivity index (χ0) is 16.2. The number of halogens is 1. The molecule has 2 aromatic heterocycles. The molecule has 0 saturated carbocycles. The number of hydrogen-bond acceptors (Lipinski definition) is 6. The van der Waals surface area contributed by atoms with Crippen molar-refractivity contribution in [3.05, 3.63) is 41.8 Å². The smallest absolute Gasteiger partial charge is 0.224 e. The Balaban J connectivity index is 1.87. The van der Waals surface area contributed by atoms with Crippen molar-refractivity contribution in [2.45, 2.75) is 0 Å². The van der Waals surface area contributed by atoms with E-state index in [9.17, 15) is 0 Å². The van der Waals surface area contributed by atoms with Crippen molar-refractivity contribution >= 4 is 23.2 Å². The van der Waals surface area contributed by atoms with Gasteiger partial charge in [-0.3, -0.25) is 5.10 Å². The second-order valence-electron chi connectivity index (χ2n) is 4.60. The van der Waals surface area contributed by atoms with Crippen LogP contribution in [0, 0.1) is 0 Å². The lowest BCUT2D eigenvalue weighted by Crippen LogP contribution is -1.94. The molecule has 7 nitrogen and oxygen atoms in total. The van der Waals surface area contributed by atoms with E-state index < -0.39 is 0 Å². The molecule has 2 heterocycles. The molecule has 2 N–H and O–H groups in total. The van der Waals surface area contributed by atoms with Crippen LogP contribution in [0.3, 0.4) is 0 Å². The Bertz CT molecular complexity index is 799. The fraction of sp³-hybridized carbons (Fsp3) is 0.133. The van der Waals surface area contributed by atoms with Crippen LogP contribution >= 0.6 is 11.6 Å². The monoisotopic (exact) mass is 331 g/mol. The number of nitrogens with zero attached hydrogens (tertiary/aromatic N) is 3. The molecule has 0 fully saturated rings. The molecule has 0 aliphatic heterocycles. The summed E-state index contributed by atoms with van der Waals surface area (Å²) in [4.78, 5) is 7.89. The number of aromatic nitrogens is 4. The van der Waals surface area contributed by atoms with E-state index in [1.165, 1.54) is 0 Å². The van der Waals surface area contributed by atoms with E-state index in [0.29, 0.717) is 23.1 Å². The summed E-state index contributed by atoms with van der Waals surface area (Å²) < 4.78 is 10.5. The number of benzene rings is 1. The zero-order valence-corrected chi connectivity index (χ0v) is 13.3. The van der Waals surface area contributed by atoms with Crippen LogP contribution in [0.1, 0.15) is 0 Å². The average Bonchev–Trinajstić information content (AvgIpc) is 3.03. The summed E-state index contributed by atoms with van der Waals surface area (Å²) in [6.07, 6.45) is 1.57. The molecule has 0 radical (unpaired) electrons. The summed E-state index contributed by atoms with van der Waals surface area (Å²) in [5.74, 6) is 2.57. The minimum absolute atomic E-state index is 0.170. The SMILES string of the molecule is COc1cc(OC)cc(-c2cc(Nc3ccnc(Cl)n3)n[nH]2)c1. The van der Waals surface area contributed by atoms with Crippen LogP contribution in [0.5, 0.6) is 11.5 Å². The van der Waals surface area contributed by atoms with E-state index in [-0.39, 0.29) is 5.28 Å². The van der Waals surface area contributed by atoms with E-state index in [0.717, 1.165) is 11.3 Å². The number of rotatable bonds is 5. The Morgan fingerprint density at radius 1 is 1.04 bits per heavy atom. The van der Waals surface area contributed by atoms with Crippen LogP contribution in [0.25, 0.3) is 11.3 Å². The maximum Gasteiger partial charge on any atom is 0.224 e. The molecule has 0 unspecified atom stereocenters. The topological polar surface area (TPSA) is 84.9 Å². The van der Waals surface area contributed by atoms with Gasteiger partial charge in [0.2, 0.25) is 5.28 Å². The molecule has 118 valence electrons. The first-order chi connectivity index (χ1) is 11.2.